The van der Waals surface area contributed by atoms with Crippen molar-refractivity contribution in [2.24, 2.45) is 4.99 Å². The molecule has 0 amide bonds. The Labute approximate surface area is 203 Å². The number of benzene rings is 3. The summed E-state index contributed by atoms with van der Waals surface area (Å²) in [4.78, 5) is 19.3. The lowest BCUT2D eigenvalue weighted by Crippen LogP contribution is -2.21. The Hall–Kier alpha value is -3.60. The highest BCUT2D eigenvalue weighted by Crippen LogP contribution is 2.20. The molecule has 0 bridgehead atoms. The van der Waals surface area contributed by atoms with Crippen LogP contribution in [0.2, 0.25) is 0 Å². The van der Waals surface area contributed by atoms with Crippen LogP contribution < -0.4 is 14.4 Å². The first-order valence-corrected chi connectivity index (χ1v) is 12.1. The van der Waals surface area contributed by atoms with E-state index in [0.29, 0.717) is 17.9 Å². The molecule has 0 heterocycles. The van der Waals surface area contributed by atoms with Gasteiger partial charge in [0.25, 0.3) is 0 Å². The largest absolute Gasteiger partial charge is 0.494 e. The van der Waals surface area contributed by atoms with Gasteiger partial charge in [0.05, 0.1) is 17.9 Å². The molecule has 0 N–H and O–H groups in total. The number of hydrogen-bond donors (Lipinski definition) is 0. The van der Waals surface area contributed by atoms with Gasteiger partial charge in [-0.15, -0.1) is 0 Å². The van der Waals surface area contributed by atoms with E-state index < -0.39 is 5.97 Å². The second-order valence-corrected chi connectivity index (χ2v) is 7.99. The van der Waals surface area contributed by atoms with E-state index in [1.165, 1.54) is 5.69 Å². The van der Waals surface area contributed by atoms with Gasteiger partial charge in [0.1, 0.15) is 11.5 Å². The summed E-state index contributed by atoms with van der Waals surface area (Å²) in [5, 5.41) is 0. The monoisotopic (exact) mass is 458 g/mol. The van der Waals surface area contributed by atoms with Crippen molar-refractivity contribution in [3.8, 4) is 11.5 Å². The normalized spacial score (nSPS) is 10.9. The molecule has 3 rings (SSSR count). The average molecular weight is 459 g/mol. The number of rotatable bonds is 12. The van der Waals surface area contributed by atoms with Crippen molar-refractivity contribution in [2.75, 3.05) is 24.6 Å². The fraction of sp³-hybridized carbons (Fsp3) is 0.310. The molecule has 0 atom stereocenters. The molecular formula is C29H34N2O3. The lowest BCUT2D eigenvalue weighted by molar-refractivity contribution is 0.0734. The highest BCUT2D eigenvalue weighted by atomic mass is 16.5. The van der Waals surface area contributed by atoms with E-state index in [9.17, 15) is 4.79 Å². The molecule has 0 radical (unpaired) electrons. The van der Waals surface area contributed by atoms with Crippen LogP contribution in [0, 0.1) is 0 Å². The van der Waals surface area contributed by atoms with Crippen LogP contribution >= 0.6 is 0 Å². The van der Waals surface area contributed by atoms with Gasteiger partial charge < -0.3 is 14.4 Å². The van der Waals surface area contributed by atoms with E-state index in [-0.39, 0.29) is 0 Å². The van der Waals surface area contributed by atoms with Crippen molar-refractivity contribution in [1.82, 2.24) is 0 Å². The number of carbonyl (C=O) groups is 1. The molecule has 0 saturated heterocycles. The van der Waals surface area contributed by atoms with Crippen LogP contribution in [0.1, 0.15) is 56.0 Å². The predicted molar refractivity (Wildman–Crippen MR) is 140 cm³/mol. The first-order valence-electron chi connectivity index (χ1n) is 12.1. The van der Waals surface area contributed by atoms with Gasteiger partial charge in [-0.1, -0.05) is 19.8 Å². The highest BCUT2D eigenvalue weighted by molar-refractivity contribution is 5.91. The molecule has 0 aromatic heterocycles. The smallest absolute Gasteiger partial charge is 0.343 e. The van der Waals surface area contributed by atoms with Crippen molar-refractivity contribution < 1.29 is 14.3 Å². The molecule has 178 valence electrons. The minimum absolute atomic E-state index is 0.396. The zero-order valence-corrected chi connectivity index (χ0v) is 20.4. The van der Waals surface area contributed by atoms with Gasteiger partial charge in [-0.2, -0.15) is 0 Å². The first kappa shape index (κ1) is 25.0. The zero-order chi connectivity index (χ0) is 24.2. The summed E-state index contributed by atoms with van der Waals surface area (Å²) in [5.41, 5.74) is 3.50. The maximum atomic E-state index is 12.4. The summed E-state index contributed by atoms with van der Waals surface area (Å²) < 4.78 is 11.2. The molecule has 0 spiro atoms. The number of carbonyl (C=O) groups excluding carboxylic acids is 1. The Balaban J connectivity index is 1.52. The molecule has 0 saturated carbocycles. The van der Waals surface area contributed by atoms with Gasteiger partial charge in [-0.25, -0.2) is 4.79 Å². The number of unbranched alkanes of at least 4 members (excludes halogenated alkanes) is 2. The maximum Gasteiger partial charge on any atom is 0.343 e. The van der Waals surface area contributed by atoms with Gasteiger partial charge in [0.15, 0.2) is 0 Å². The Morgan fingerprint density at radius 3 is 2.09 bits per heavy atom. The Morgan fingerprint density at radius 1 is 0.824 bits per heavy atom. The maximum absolute atomic E-state index is 12.4. The van der Waals surface area contributed by atoms with Gasteiger partial charge in [0.2, 0.25) is 0 Å². The molecule has 3 aromatic rings. The number of nitrogens with zero attached hydrogens (tertiary/aromatic N) is 2. The third kappa shape index (κ3) is 7.48. The Morgan fingerprint density at radius 2 is 1.47 bits per heavy atom. The van der Waals surface area contributed by atoms with Crippen molar-refractivity contribution in [3.05, 3.63) is 83.9 Å². The number of anilines is 1. The van der Waals surface area contributed by atoms with E-state index in [2.05, 4.69) is 42.8 Å². The van der Waals surface area contributed by atoms with Crippen molar-refractivity contribution in [2.45, 2.75) is 40.0 Å². The number of aliphatic imine (C=N–C) groups is 1. The van der Waals surface area contributed by atoms with E-state index in [1.807, 2.05) is 24.3 Å². The van der Waals surface area contributed by atoms with Gasteiger partial charge in [0, 0.05) is 25.0 Å². The summed E-state index contributed by atoms with van der Waals surface area (Å²) in [6.07, 6.45) is 5.15. The number of esters is 1. The molecule has 0 unspecified atom stereocenters. The van der Waals surface area contributed by atoms with E-state index in [0.717, 1.165) is 49.4 Å². The summed E-state index contributed by atoms with van der Waals surface area (Å²) in [6, 6.07) is 22.6. The molecule has 5 nitrogen and oxygen atoms in total. The van der Waals surface area contributed by atoms with Gasteiger partial charge >= 0.3 is 5.97 Å². The molecule has 0 aliphatic rings. The highest BCUT2D eigenvalue weighted by Gasteiger charge is 2.09. The average Bonchev–Trinajstić information content (AvgIpc) is 2.88. The van der Waals surface area contributed by atoms with Crippen molar-refractivity contribution >= 4 is 23.6 Å². The second-order valence-electron chi connectivity index (χ2n) is 7.99. The third-order valence-electron chi connectivity index (χ3n) is 5.54. The summed E-state index contributed by atoms with van der Waals surface area (Å²) in [7, 11) is 0. The molecule has 3 aromatic carbocycles. The zero-order valence-electron chi connectivity index (χ0n) is 20.4. The van der Waals surface area contributed by atoms with Gasteiger partial charge in [-0.3, -0.25) is 4.99 Å². The first-order chi connectivity index (χ1) is 16.6. The standard InChI is InChI=1S/C29H34N2O3/c1-4-7-8-21-33-27-19-11-24(12-20-27)29(32)34-28-17-9-23(10-18-28)22-30-25-13-15-26(16-14-25)31(5-2)6-3/h9-20,22H,4-8,21H2,1-3H3. The Kier molecular flexibility index (Phi) is 9.71. The van der Waals surface area contributed by atoms with Crippen LogP contribution in [0.3, 0.4) is 0 Å². The lowest BCUT2D eigenvalue weighted by Gasteiger charge is -2.20. The summed E-state index contributed by atoms with van der Waals surface area (Å²) in [6.45, 7) is 9.11. The minimum atomic E-state index is -0.396. The van der Waals surface area contributed by atoms with Crippen LogP contribution in [0.15, 0.2) is 77.8 Å². The van der Waals surface area contributed by atoms with Crippen LogP contribution in [-0.4, -0.2) is 31.9 Å². The minimum Gasteiger partial charge on any atom is -0.494 e. The van der Waals surface area contributed by atoms with Gasteiger partial charge in [-0.05, 0) is 98.6 Å². The fourth-order valence-corrected chi connectivity index (χ4v) is 3.50. The molecule has 0 aliphatic carbocycles. The van der Waals surface area contributed by atoms with Crippen LogP contribution in [-0.2, 0) is 0 Å². The predicted octanol–water partition coefficient (Wildman–Crippen LogP) is 7.07. The Bertz CT molecular complexity index is 1040. The van der Waals surface area contributed by atoms with E-state index in [4.69, 9.17) is 9.47 Å². The molecule has 5 heteroatoms. The van der Waals surface area contributed by atoms with Crippen molar-refractivity contribution in [1.29, 1.82) is 0 Å². The van der Waals surface area contributed by atoms with E-state index in [1.54, 1.807) is 42.6 Å². The number of hydrogen-bond acceptors (Lipinski definition) is 5. The molecule has 0 fully saturated rings. The quantitative estimate of drug-likeness (QED) is 0.126. The van der Waals surface area contributed by atoms with Crippen molar-refractivity contribution in [3.63, 3.8) is 0 Å². The lowest BCUT2D eigenvalue weighted by atomic mass is 10.2. The summed E-state index contributed by atoms with van der Waals surface area (Å²) >= 11 is 0. The number of ether oxygens (including phenoxy) is 2. The third-order valence-corrected chi connectivity index (χ3v) is 5.54. The fourth-order valence-electron chi connectivity index (χ4n) is 3.50. The van der Waals surface area contributed by atoms with Crippen LogP contribution in [0.25, 0.3) is 0 Å². The SMILES string of the molecule is CCCCCOc1ccc(C(=O)Oc2ccc(C=Nc3ccc(N(CC)CC)cc3)cc2)cc1. The van der Waals surface area contributed by atoms with Crippen LogP contribution in [0.4, 0.5) is 11.4 Å². The topological polar surface area (TPSA) is 51.1 Å². The second kappa shape index (κ2) is 13.2. The summed E-state index contributed by atoms with van der Waals surface area (Å²) in [5.74, 6) is 0.858. The molecule has 0 aliphatic heterocycles. The molecular weight excluding hydrogens is 424 g/mol. The van der Waals surface area contributed by atoms with Crippen LogP contribution in [0.5, 0.6) is 11.5 Å². The molecule has 34 heavy (non-hydrogen) atoms. The van der Waals surface area contributed by atoms with E-state index >= 15 is 0 Å².